The van der Waals surface area contributed by atoms with E-state index >= 15 is 0 Å². The fourth-order valence-electron chi connectivity index (χ4n) is 2.82. The minimum absolute atomic E-state index is 0.0644. The topological polar surface area (TPSA) is 52.2 Å². The van der Waals surface area contributed by atoms with Crippen LogP contribution in [0.3, 0.4) is 0 Å². The Morgan fingerprint density at radius 1 is 0.963 bits per heavy atom. The molecule has 2 heterocycles. The zero-order valence-electron chi connectivity index (χ0n) is 13.9. The fraction of sp³-hybridized carbons (Fsp3) is 0.105. The van der Waals surface area contributed by atoms with Crippen molar-refractivity contribution < 1.29 is 13.2 Å². The third kappa shape index (κ3) is 3.33. The van der Waals surface area contributed by atoms with Crippen LogP contribution in [0, 0.1) is 0 Å². The number of nitrogens with zero attached hydrogens (tertiary/aromatic N) is 4. The van der Waals surface area contributed by atoms with E-state index in [1.807, 2.05) is 30.3 Å². The van der Waals surface area contributed by atoms with Crippen LogP contribution in [0.1, 0.15) is 11.1 Å². The van der Waals surface area contributed by atoms with Gasteiger partial charge in [0.25, 0.3) is 5.56 Å². The van der Waals surface area contributed by atoms with Crippen LogP contribution < -0.4 is 5.56 Å². The molecule has 0 bridgehead atoms. The molecule has 136 valence electrons. The van der Waals surface area contributed by atoms with E-state index in [1.165, 1.54) is 23.0 Å². The number of benzene rings is 2. The van der Waals surface area contributed by atoms with Gasteiger partial charge in [-0.15, -0.1) is 0 Å². The molecule has 0 aliphatic rings. The number of hydrogen-bond donors (Lipinski definition) is 0. The first-order valence-electron chi connectivity index (χ1n) is 8.09. The van der Waals surface area contributed by atoms with Gasteiger partial charge < -0.3 is 0 Å². The monoisotopic (exact) mass is 370 g/mol. The van der Waals surface area contributed by atoms with Crippen molar-refractivity contribution in [1.29, 1.82) is 0 Å². The fourth-order valence-corrected chi connectivity index (χ4v) is 2.82. The third-order valence-corrected chi connectivity index (χ3v) is 4.15. The highest BCUT2D eigenvalue weighted by Crippen LogP contribution is 2.29. The molecule has 0 amide bonds. The first kappa shape index (κ1) is 17.0. The maximum atomic E-state index is 12.9. The summed E-state index contributed by atoms with van der Waals surface area (Å²) >= 11 is 0. The van der Waals surface area contributed by atoms with Gasteiger partial charge in [0.2, 0.25) is 0 Å². The average molecular weight is 370 g/mol. The van der Waals surface area contributed by atoms with Crippen molar-refractivity contribution in [2.45, 2.75) is 12.7 Å². The Labute approximate surface area is 151 Å². The molecule has 2 aromatic carbocycles. The molecule has 0 radical (unpaired) electrons. The van der Waals surface area contributed by atoms with E-state index < -0.39 is 17.3 Å². The van der Waals surface area contributed by atoms with Gasteiger partial charge >= 0.3 is 6.18 Å². The molecule has 0 atom stereocenters. The highest BCUT2D eigenvalue weighted by Gasteiger charge is 2.30. The molecule has 0 saturated carbocycles. The summed E-state index contributed by atoms with van der Waals surface area (Å²) < 4.78 is 41.1. The molecule has 4 aromatic rings. The van der Waals surface area contributed by atoms with Gasteiger partial charge in [-0.25, -0.2) is 9.20 Å². The van der Waals surface area contributed by atoms with E-state index in [4.69, 9.17) is 0 Å². The second kappa shape index (κ2) is 6.39. The van der Waals surface area contributed by atoms with Crippen molar-refractivity contribution in [3.63, 3.8) is 0 Å². The Hall–Kier alpha value is -3.42. The lowest BCUT2D eigenvalue weighted by atomic mass is 10.1. The first-order chi connectivity index (χ1) is 12.9. The second-order valence-corrected chi connectivity index (χ2v) is 6.02. The van der Waals surface area contributed by atoms with Gasteiger partial charge in [-0.3, -0.25) is 4.79 Å². The van der Waals surface area contributed by atoms with E-state index in [0.717, 1.165) is 22.4 Å². The lowest BCUT2D eigenvalue weighted by Gasteiger charge is -2.09. The van der Waals surface area contributed by atoms with Crippen LogP contribution in [0.2, 0.25) is 0 Å². The predicted octanol–water partition coefficient (Wildman–Crippen LogP) is 3.63. The summed E-state index contributed by atoms with van der Waals surface area (Å²) in [5.74, 6) is 0. The van der Waals surface area contributed by atoms with Gasteiger partial charge in [0.05, 0.1) is 17.8 Å². The van der Waals surface area contributed by atoms with Gasteiger partial charge in [-0.1, -0.05) is 42.5 Å². The van der Waals surface area contributed by atoms with Crippen LogP contribution in [0.5, 0.6) is 0 Å². The first-order valence-corrected chi connectivity index (χ1v) is 8.09. The Bertz CT molecular complexity index is 1160. The van der Waals surface area contributed by atoms with Gasteiger partial charge in [0, 0.05) is 5.56 Å². The minimum atomic E-state index is -4.44. The zero-order chi connectivity index (χ0) is 19.0. The summed E-state index contributed by atoms with van der Waals surface area (Å²) in [6.07, 6.45) is -3.06. The highest BCUT2D eigenvalue weighted by molar-refractivity contribution is 5.65. The molecule has 0 unspecified atom stereocenters. The number of aromatic nitrogens is 4. The molecule has 5 nitrogen and oxygen atoms in total. The van der Waals surface area contributed by atoms with Crippen molar-refractivity contribution in [2.24, 2.45) is 0 Å². The molecule has 0 aliphatic heterocycles. The normalized spacial score (nSPS) is 11.8. The molecule has 0 fully saturated rings. The van der Waals surface area contributed by atoms with E-state index in [-0.39, 0.29) is 6.54 Å². The van der Waals surface area contributed by atoms with Crippen LogP contribution in [-0.2, 0) is 12.7 Å². The van der Waals surface area contributed by atoms with Crippen molar-refractivity contribution in [2.75, 3.05) is 0 Å². The SMILES string of the molecule is O=c1c2cc(-c3ccccc3)nn2cnn1Cc1cccc(C(F)(F)F)c1. The van der Waals surface area contributed by atoms with Crippen LogP contribution in [0.25, 0.3) is 16.8 Å². The molecular formula is C19H13F3N4O. The second-order valence-electron chi connectivity index (χ2n) is 6.02. The molecule has 2 aromatic heterocycles. The Morgan fingerprint density at radius 2 is 1.74 bits per heavy atom. The molecule has 27 heavy (non-hydrogen) atoms. The highest BCUT2D eigenvalue weighted by atomic mass is 19.4. The largest absolute Gasteiger partial charge is 0.416 e. The summed E-state index contributed by atoms with van der Waals surface area (Å²) in [4.78, 5) is 12.7. The van der Waals surface area contributed by atoms with Gasteiger partial charge in [0.15, 0.2) is 0 Å². The number of alkyl halides is 3. The standard InChI is InChI=1S/C19H13F3N4O/c20-19(21,22)15-8-4-5-13(9-15)11-25-18(27)17-10-16(24-26(17)12-23-25)14-6-2-1-3-7-14/h1-10,12H,11H2. The summed E-state index contributed by atoms with van der Waals surface area (Å²) in [5, 5.41) is 8.35. The number of hydrogen-bond acceptors (Lipinski definition) is 3. The lowest BCUT2D eigenvalue weighted by molar-refractivity contribution is -0.137. The molecule has 0 aliphatic carbocycles. The maximum absolute atomic E-state index is 12.9. The summed E-state index contributed by atoms with van der Waals surface area (Å²) in [6.45, 7) is -0.0644. The van der Waals surface area contributed by atoms with Gasteiger partial charge in [-0.2, -0.15) is 23.4 Å². The van der Waals surface area contributed by atoms with Gasteiger partial charge in [0.1, 0.15) is 11.8 Å². The van der Waals surface area contributed by atoms with E-state index in [9.17, 15) is 18.0 Å². The van der Waals surface area contributed by atoms with Crippen molar-refractivity contribution in [3.8, 4) is 11.3 Å². The van der Waals surface area contributed by atoms with Crippen molar-refractivity contribution in [3.05, 3.63) is 88.5 Å². The Kier molecular flexibility index (Phi) is 4.02. The summed E-state index contributed by atoms with van der Waals surface area (Å²) in [5.41, 5.74) is 0.924. The van der Waals surface area contributed by atoms with Crippen LogP contribution >= 0.6 is 0 Å². The number of rotatable bonds is 3. The molecular weight excluding hydrogens is 357 g/mol. The van der Waals surface area contributed by atoms with E-state index in [0.29, 0.717) is 16.8 Å². The molecule has 4 rings (SSSR count). The van der Waals surface area contributed by atoms with Gasteiger partial charge in [-0.05, 0) is 23.8 Å². The lowest BCUT2D eigenvalue weighted by Crippen LogP contribution is -2.25. The minimum Gasteiger partial charge on any atom is -0.265 e. The number of halogens is 3. The molecule has 8 heteroatoms. The number of fused-ring (bicyclic) bond motifs is 1. The third-order valence-electron chi connectivity index (χ3n) is 4.15. The molecule has 0 spiro atoms. The molecule has 0 saturated heterocycles. The maximum Gasteiger partial charge on any atom is 0.416 e. The van der Waals surface area contributed by atoms with E-state index in [2.05, 4.69) is 10.2 Å². The quantitative estimate of drug-likeness (QED) is 0.553. The Morgan fingerprint density at radius 3 is 2.48 bits per heavy atom. The predicted molar refractivity (Wildman–Crippen MR) is 93.2 cm³/mol. The van der Waals surface area contributed by atoms with Crippen LogP contribution in [-0.4, -0.2) is 19.4 Å². The zero-order valence-corrected chi connectivity index (χ0v) is 13.9. The van der Waals surface area contributed by atoms with E-state index in [1.54, 1.807) is 6.07 Å². The van der Waals surface area contributed by atoms with Crippen molar-refractivity contribution >= 4 is 5.52 Å². The smallest absolute Gasteiger partial charge is 0.265 e. The molecule has 0 N–H and O–H groups in total. The Balaban J connectivity index is 1.72. The summed E-state index contributed by atoms with van der Waals surface area (Å²) in [7, 11) is 0. The van der Waals surface area contributed by atoms with Crippen molar-refractivity contribution in [1.82, 2.24) is 19.4 Å². The average Bonchev–Trinajstić information content (AvgIpc) is 3.10. The van der Waals surface area contributed by atoms with Crippen LogP contribution in [0.15, 0.2) is 71.8 Å². The summed E-state index contributed by atoms with van der Waals surface area (Å²) in [6, 6.07) is 15.8. The van der Waals surface area contributed by atoms with Crippen LogP contribution in [0.4, 0.5) is 13.2 Å².